The minimum atomic E-state index is 0. The van der Waals surface area contributed by atoms with Gasteiger partial charge in [-0.25, -0.2) is 0 Å². The van der Waals surface area contributed by atoms with Gasteiger partial charge in [-0.2, -0.15) is 0 Å². The summed E-state index contributed by atoms with van der Waals surface area (Å²) in [6.45, 7) is 2.70. The van der Waals surface area contributed by atoms with E-state index in [-0.39, 0.29) is 24.4 Å². The van der Waals surface area contributed by atoms with Crippen molar-refractivity contribution in [1.29, 1.82) is 0 Å². The summed E-state index contributed by atoms with van der Waals surface area (Å²) in [7, 11) is 0. The van der Waals surface area contributed by atoms with Gasteiger partial charge in [0.2, 0.25) is 5.91 Å². The van der Waals surface area contributed by atoms with Gasteiger partial charge < -0.3 is 11.1 Å². The molecule has 1 aliphatic rings. The zero-order valence-corrected chi connectivity index (χ0v) is 11.7. The highest BCUT2D eigenvalue weighted by molar-refractivity contribution is 5.85. The highest BCUT2D eigenvalue weighted by Crippen LogP contribution is 2.25. The van der Waals surface area contributed by atoms with Crippen molar-refractivity contribution in [3.63, 3.8) is 0 Å². The Morgan fingerprint density at radius 3 is 2.41 bits per heavy atom. The molecule has 4 heteroatoms. The van der Waals surface area contributed by atoms with Gasteiger partial charge in [-0.15, -0.1) is 12.4 Å². The van der Waals surface area contributed by atoms with Gasteiger partial charge in [0, 0.05) is 19.0 Å². The summed E-state index contributed by atoms with van der Waals surface area (Å²) in [6, 6.07) is 0.179. The van der Waals surface area contributed by atoms with Crippen LogP contribution in [0.1, 0.15) is 58.3 Å². The first-order valence-electron chi connectivity index (χ1n) is 6.70. The predicted molar refractivity (Wildman–Crippen MR) is 74.3 cm³/mol. The molecule has 1 aliphatic carbocycles. The van der Waals surface area contributed by atoms with Gasteiger partial charge in [0.25, 0.3) is 0 Å². The zero-order chi connectivity index (χ0) is 11.8. The molecule has 0 aromatic heterocycles. The minimum absolute atomic E-state index is 0. The zero-order valence-electron chi connectivity index (χ0n) is 10.9. The SMILES string of the molecule is CC(N)CCNC(=O)CC1CCCCCC1.Cl. The highest BCUT2D eigenvalue weighted by atomic mass is 35.5. The van der Waals surface area contributed by atoms with Crippen LogP contribution in [-0.2, 0) is 4.79 Å². The number of nitrogens with one attached hydrogen (secondary N) is 1. The summed E-state index contributed by atoms with van der Waals surface area (Å²) in [5.74, 6) is 0.838. The van der Waals surface area contributed by atoms with Crippen LogP contribution in [0.4, 0.5) is 0 Å². The fraction of sp³-hybridized carbons (Fsp3) is 0.923. The molecule has 1 unspecified atom stereocenters. The molecule has 0 aromatic carbocycles. The molecule has 17 heavy (non-hydrogen) atoms. The Kier molecular flexibility index (Phi) is 9.56. The van der Waals surface area contributed by atoms with Crippen LogP contribution >= 0.6 is 12.4 Å². The fourth-order valence-corrected chi connectivity index (χ4v) is 2.34. The predicted octanol–water partition coefficient (Wildman–Crippen LogP) is 2.62. The van der Waals surface area contributed by atoms with E-state index in [4.69, 9.17) is 5.73 Å². The lowest BCUT2D eigenvalue weighted by atomic mass is 9.96. The molecule has 1 atom stereocenters. The lowest BCUT2D eigenvalue weighted by molar-refractivity contribution is -0.122. The highest BCUT2D eigenvalue weighted by Gasteiger charge is 2.15. The first-order chi connectivity index (χ1) is 7.68. The molecule has 0 bridgehead atoms. The molecule has 0 aromatic rings. The number of halogens is 1. The molecule has 0 radical (unpaired) electrons. The van der Waals surface area contributed by atoms with E-state index in [1.165, 1.54) is 38.5 Å². The van der Waals surface area contributed by atoms with Crippen LogP contribution in [-0.4, -0.2) is 18.5 Å². The third-order valence-corrected chi connectivity index (χ3v) is 3.37. The van der Waals surface area contributed by atoms with Gasteiger partial charge in [-0.3, -0.25) is 4.79 Å². The van der Waals surface area contributed by atoms with Crippen molar-refractivity contribution in [2.75, 3.05) is 6.54 Å². The average Bonchev–Trinajstić information content (AvgIpc) is 2.45. The Bertz CT molecular complexity index is 202. The molecular weight excluding hydrogens is 236 g/mol. The maximum Gasteiger partial charge on any atom is 0.220 e. The summed E-state index contributed by atoms with van der Waals surface area (Å²) in [6.07, 6.45) is 9.37. The minimum Gasteiger partial charge on any atom is -0.356 e. The smallest absolute Gasteiger partial charge is 0.220 e. The third-order valence-electron chi connectivity index (χ3n) is 3.37. The van der Waals surface area contributed by atoms with E-state index in [1.54, 1.807) is 0 Å². The van der Waals surface area contributed by atoms with Crippen LogP contribution in [0, 0.1) is 5.92 Å². The van der Waals surface area contributed by atoms with Crippen LogP contribution in [0.2, 0.25) is 0 Å². The number of amides is 1. The summed E-state index contributed by atoms with van der Waals surface area (Å²) < 4.78 is 0. The first-order valence-corrected chi connectivity index (χ1v) is 6.70. The number of nitrogens with two attached hydrogens (primary N) is 1. The fourth-order valence-electron chi connectivity index (χ4n) is 2.34. The average molecular weight is 263 g/mol. The standard InChI is InChI=1S/C13H26N2O.ClH/c1-11(14)8-9-15-13(16)10-12-6-4-2-3-5-7-12;/h11-12H,2-10,14H2,1H3,(H,15,16);1H. The topological polar surface area (TPSA) is 55.1 Å². The van der Waals surface area contributed by atoms with Crippen LogP contribution < -0.4 is 11.1 Å². The van der Waals surface area contributed by atoms with Gasteiger partial charge in [0.05, 0.1) is 0 Å². The number of hydrogen-bond acceptors (Lipinski definition) is 2. The quantitative estimate of drug-likeness (QED) is 0.749. The molecule has 1 amide bonds. The Morgan fingerprint density at radius 1 is 1.29 bits per heavy atom. The van der Waals surface area contributed by atoms with E-state index in [0.717, 1.165) is 19.4 Å². The lowest BCUT2D eigenvalue weighted by Gasteiger charge is -2.14. The first kappa shape index (κ1) is 16.7. The van der Waals surface area contributed by atoms with Crippen LogP contribution in [0.15, 0.2) is 0 Å². The maximum atomic E-state index is 11.7. The molecule has 0 aliphatic heterocycles. The van der Waals surface area contributed by atoms with E-state index in [1.807, 2.05) is 6.92 Å². The Labute approximate surface area is 111 Å². The number of hydrogen-bond donors (Lipinski definition) is 2. The van der Waals surface area contributed by atoms with E-state index >= 15 is 0 Å². The maximum absolute atomic E-state index is 11.7. The molecule has 102 valence electrons. The van der Waals surface area contributed by atoms with E-state index in [0.29, 0.717) is 5.92 Å². The third kappa shape index (κ3) is 8.44. The summed E-state index contributed by atoms with van der Waals surface area (Å²) >= 11 is 0. The summed E-state index contributed by atoms with van der Waals surface area (Å²) in [5.41, 5.74) is 5.63. The number of carbonyl (C=O) groups excluding carboxylic acids is 1. The molecule has 3 nitrogen and oxygen atoms in total. The van der Waals surface area contributed by atoms with Crippen LogP contribution in [0.5, 0.6) is 0 Å². The van der Waals surface area contributed by atoms with Crippen LogP contribution in [0.25, 0.3) is 0 Å². The van der Waals surface area contributed by atoms with Gasteiger partial charge in [0.1, 0.15) is 0 Å². The Balaban J connectivity index is 0.00000256. The summed E-state index contributed by atoms with van der Waals surface area (Å²) in [4.78, 5) is 11.7. The molecule has 1 rings (SSSR count). The lowest BCUT2D eigenvalue weighted by Crippen LogP contribution is -2.30. The van der Waals surface area contributed by atoms with Crippen LogP contribution in [0.3, 0.4) is 0 Å². The molecule has 0 saturated heterocycles. The second-order valence-electron chi connectivity index (χ2n) is 5.18. The number of rotatable bonds is 5. The van der Waals surface area contributed by atoms with Gasteiger partial charge in [-0.05, 0) is 32.1 Å². The van der Waals surface area contributed by atoms with Gasteiger partial charge in [0.15, 0.2) is 0 Å². The monoisotopic (exact) mass is 262 g/mol. The van der Waals surface area contributed by atoms with E-state index < -0.39 is 0 Å². The van der Waals surface area contributed by atoms with Gasteiger partial charge >= 0.3 is 0 Å². The van der Waals surface area contributed by atoms with Crippen molar-refractivity contribution in [3.8, 4) is 0 Å². The molecule has 0 spiro atoms. The normalized spacial score (nSPS) is 18.9. The van der Waals surface area contributed by atoms with Crippen molar-refractivity contribution in [2.24, 2.45) is 11.7 Å². The van der Waals surface area contributed by atoms with Gasteiger partial charge in [-0.1, -0.05) is 25.7 Å². The molecule has 1 fully saturated rings. The van der Waals surface area contributed by atoms with Crippen molar-refractivity contribution in [1.82, 2.24) is 5.32 Å². The van der Waals surface area contributed by atoms with Crippen molar-refractivity contribution < 1.29 is 4.79 Å². The second-order valence-corrected chi connectivity index (χ2v) is 5.18. The number of carbonyl (C=O) groups is 1. The Morgan fingerprint density at radius 2 is 1.88 bits per heavy atom. The molecule has 3 N–H and O–H groups in total. The Hall–Kier alpha value is -0.280. The molecule has 1 saturated carbocycles. The van der Waals surface area contributed by atoms with E-state index in [2.05, 4.69) is 5.32 Å². The molecule has 0 heterocycles. The van der Waals surface area contributed by atoms with E-state index in [9.17, 15) is 4.79 Å². The van der Waals surface area contributed by atoms with Crippen molar-refractivity contribution >= 4 is 18.3 Å². The molecular formula is C13H27ClN2O. The second kappa shape index (κ2) is 9.72. The summed E-state index contributed by atoms with van der Waals surface area (Å²) in [5, 5.41) is 2.96. The van der Waals surface area contributed by atoms with Crippen molar-refractivity contribution in [2.45, 2.75) is 64.3 Å². The largest absolute Gasteiger partial charge is 0.356 e. The van der Waals surface area contributed by atoms with Crippen molar-refractivity contribution in [3.05, 3.63) is 0 Å².